The first-order chi connectivity index (χ1) is 14.2. The molecule has 1 N–H and O–H groups in total. The van der Waals surface area contributed by atoms with Gasteiger partial charge in [0.25, 0.3) is 5.91 Å². The zero-order chi connectivity index (χ0) is 20.1. The molecule has 0 aromatic heterocycles. The molecule has 6 nitrogen and oxygen atoms in total. The normalized spacial score (nSPS) is 19.2. The molecule has 2 aliphatic heterocycles. The van der Waals surface area contributed by atoms with Crippen LogP contribution in [0.3, 0.4) is 0 Å². The molecule has 2 aromatic rings. The van der Waals surface area contributed by atoms with Gasteiger partial charge in [-0.05, 0) is 49.2 Å². The van der Waals surface area contributed by atoms with Crippen LogP contribution in [0.2, 0.25) is 0 Å². The van der Waals surface area contributed by atoms with E-state index in [2.05, 4.69) is 5.32 Å². The molecular formula is C23H27N3O3. The Kier molecular flexibility index (Phi) is 6.10. The van der Waals surface area contributed by atoms with Gasteiger partial charge in [0.2, 0.25) is 5.91 Å². The molecule has 0 bridgehead atoms. The van der Waals surface area contributed by atoms with Gasteiger partial charge in [-0.15, -0.1) is 0 Å². The van der Waals surface area contributed by atoms with Gasteiger partial charge in [0.15, 0.2) is 0 Å². The van der Waals surface area contributed by atoms with Crippen molar-refractivity contribution in [3.8, 4) is 5.75 Å². The van der Waals surface area contributed by atoms with E-state index in [-0.39, 0.29) is 17.9 Å². The van der Waals surface area contributed by atoms with Gasteiger partial charge >= 0.3 is 0 Å². The van der Waals surface area contributed by atoms with Crippen molar-refractivity contribution in [2.75, 3.05) is 32.7 Å². The van der Waals surface area contributed by atoms with Crippen molar-refractivity contribution in [3.05, 3.63) is 65.7 Å². The van der Waals surface area contributed by atoms with Crippen molar-refractivity contribution < 1.29 is 14.3 Å². The third-order valence-corrected chi connectivity index (χ3v) is 5.59. The molecule has 1 unspecified atom stereocenters. The third kappa shape index (κ3) is 4.77. The monoisotopic (exact) mass is 393 g/mol. The number of benzene rings is 2. The molecule has 152 valence electrons. The minimum atomic E-state index is -0.0410. The van der Waals surface area contributed by atoms with Crippen LogP contribution in [0.25, 0.3) is 0 Å². The van der Waals surface area contributed by atoms with E-state index in [1.807, 2.05) is 64.4 Å². The quantitative estimate of drug-likeness (QED) is 0.847. The fourth-order valence-corrected chi connectivity index (χ4v) is 3.86. The van der Waals surface area contributed by atoms with Crippen LogP contribution in [-0.2, 0) is 11.4 Å². The number of nitrogens with zero attached hydrogens (tertiary/aromatic N) is 2. The lowest BCUT2D eigenvalue weighted by molar-refractivity contribution is -0.134. The minimum absolute atomic E-state index is 0.00528. The third-order valence-electron chi connectivity index (χ3n) is 5.59. The Balaban J connectivity index is 1.28. The lowest BCUT2D eigenvalue weighted by Gasteiger charge is -2.36. The smallest absolute Gasteiger partial charge is 0.253 e. The zero-order valence-electron chi connectivity index (χ0n) is 16.5. The first kappa shape index (κ1) is 19.5. The summed E-state index contributed by atoms with van der Waals surface area (Å²) >= 11 is 0. The number of piperazine rings is 1. The Morgan fingerprint density at radius 2 is 1.62 bits per heavy atom. The molecule has 0 spiro atoms. The summed E-state index contributed by atoms with van der Waals surface area (Å²) in [5, 5.41) is 3.26. The van der Waals surface area contributed by atoms with Crippen molar-refractivity contribution in [2.45, 2.75) is 25.5 Å². The second kappa shape index (κ2) is 9.09. The first-order valence-corrected chi connectivity index (χ1v) is 10.3. The van der Waals surface area contributed by atoms with Gasteiger partial charge in [0.1, 0.15) is 12.4 Å². The summed E-state index contributed by atoms with van der Waals surface area (Å²) in [7, 11) is 0. The van der Waals surface area contributed by atoms with E-state index in [0.29, 0.717) is 38.3 Å². The van der Waals surface area contributed by atoms with E-state index in [4.69, 9.17) is 4.74 Å². The van der Waals surface area contributed by atoms with Crippen LogP contribution in [0, 0.1) is 0 Å². The van der Waals surface area contributed by atoms with Crippen molar-refractivity contribution in [1.29, 1.82) is 0 Å². The molecule has 2 saturated heterocycles. The average Bonchev–Trinajstić information content (AvgIpc) is 3.33. The molecule has 2 heterocycles. The maximum atomic E-state index is 12.8. The molecule has 0 aliphatic carbocycles. The van der Waals surface area contributed by atoms with E-state index in [1.54, 1.807) is 0 Å². The van der Waals surface area contributed by atoms with E-state index < -0.39 is 0 Å². The number of hydrogen-bond donors (Lipinski definition) is 1. The summed E-state index contributed by atoms with van der Waals surface area (Å²) in [6.07, 6.45) is 1.97. The Morgan fingerprint density at radius 1 is 0.931 bits per heavy atom. The Bertz CT molecular complexity index is 824. The number of carbonyl (C=O) groups is 2. The topological polar surface area (TPSA) is 61.9 Å². The predicted molar refractivity (Wildman–Crippen MR) is 111 cm³/mol. The number of carbonyl (C=O) groups excluding carboxylic acids is 2. The van der Waals surface area contributed by atoms with Gasteiger partial charge in [-0.3, -0.25) is 9.59 Å². The van der Waals surface area contributed by atoms with Gasteiger partial charge in [-0.1, -0.05) is 30.3 Å². The number of rotatable bonds is 5. The van der Waals surface area contributed by atoms with Gasteiger partial charge < -0.3 is 19.9 Å². The highest BCUT2D eigenvalue weighted by atomic mass is 16.5. The second-order valence-electron chi connectivity index (χ2n) is 7.57. The molecule has 4 rings (SSSR count). The van der Waals surface area contributed by atoms with Crippen LogP contribution in [-0.4, -0.2) is 60.4 Å². The van der Waals surface area contributed by atoms with Crippen molar-refractivity contribution in [2.24, 2.45) is 0 Å². The summed E-state index contributed by atoms with van der Waals surface area (Å²) in [5.74, 6) is 0.921. The van der Waals surface area contributed by atoms with Gasteiger partial charge in [0, 0.05) is 31.7 Å². The van der Waals surface area contributed by atoms with Crippen LogP contribution >= 0.6 is 0 Å². The number of ether oxygens (including phenoxy) is 1. The molecular weight excluding hydrogens is 366 g/mol. The fraction of sp³-hybridized carbons (Fsp3) is 0.391. The van der Waals surface area contributed by atoms with Crippen LogP contribution in [0.4, 0.5) is 0 Å². The summed E-state index contributed by atoms with van der Waals surface area (Å²) in [4.78, 5) is 29.0. The minimum Gasteiger partial charge on any atom is -0.489 e. The second-order valence-corrected chi connectivity index (χ2v) is 7.57. The lowest BCUT2D eigenvalue weighted by Crippen LogP contribution is -2.54. The summed E-state index contributed by atoms with van der Waals surface area (Å²) < 4.78 is 5.79. The number of hydrogen-bond acceptors (Lipinski definition) is 4. The van der Waals surface area contributed by atoms with Crippen LogP contribution in [0.5, 0.6) is 5.75 Å². The summed E-state index contributed by atoms with van der Waals surface area (Å²) in [5.41, 5.74) is 1.75. The maximum absolute atomic E-state index is 12.8. The highest BCUT2D eigenvalue weighted by Crippen LogP contribution is 2.17. The SMILES string of the molecule is O=C(c1ccc(OCc2ccccc2)cc1)N1CCN(C(=O)C2CCCN2)CC1. The summed E-state index contributed by atoms with van der Waals surface area (Å²) in [6, 6.07) is 17.2. The molecule has 2 aromatic carbocycles. The van der Waals surface area contributed by atoms with E-state index in [0.717, 1.165) is 30.7 Å². The van der Waals surface area contributed by atoms with Crippen molar-refractivity contribution in [1.82, 2.24) is 15.1 Å². The zero-order valence-corrected chi connectivity index (χ0v) is 16.5. The van der Waals surface area contributed by atoms with Crippen LogP contribution < -0.4 is 10.1 Å². The highest BCUT2D eigenvalue weighted by Gasteiger charge is 2.30. The molecule has 0 radical (unpaired) electrons. The van der Waals surface area contributed by atoms with Crippen LogP contribution in [0.1, 0.15) is 28.8 Å². The molecule has 2 amide bonds. The van der Waals surface area contributed by atoms with Crippen molar-refractivity contribution >= 4 is 11.8 Å². The first-order valence-electron chi connectivity index (χ1n) is 10.3. The van der Waals surface area contributed by atoms with Gasteiger partial charge in [0.05, 0.1) is 6.04 Å². The van der Waals surface area contributed by atoms with Gasteiger partial charge in [-0.2, -0.15) is 0 Å². The molecule has 2 aliphatic rings. The van der Waals surface area contributed by atoms with E-state index >= 15 is 0 Å². The number of nitrogens with one attached hydrogen (secondary N) is 1. The molecule has 0 saturated carbocycles. The summed E-state index contributed by atoms with van der Waals surface area (Å²) in [6.45, 7) is 3.76. The highest BCUT2D eigenvalue weighted by molar-refractivity contribution is 5.94. The standard InChI is InChI=1S/C23H27N3O3/c27-22(25-13-15-26(16-14-25)23(28)21-7-4-12-24-21)19-8-10-20(11-9-19)29-17-18-5-2-1-3-6-18/h1-3,5-6,8-11,21,24H,4,7,12-17H2. The molecule has 29 heavy (non-hydrogen) atoms. The molecule has 6 heteroatoms. The Labute approximate surface area is 171 Å². The molecule has 1 atom stereocenters. The van der Waals surface area contributed by atoms with Gasteiger partial charge in [-0.25, -0.2) is 0 Å². The predicted octanol–water partition coefficient (Wildman–Crippen LogP) is 2.30. The van der Waals surface area contributed by atoms with Crippen molar-refractivity contribution in [3.63, 3.8) is 0 Å². The number of amides is 2. The molecule has 2 fully saturated rings. The van der Waals surface area contributed by atoms with E-state index in [9.17, 15) is 9.59 Å². The average molecular weight is 393 g/mol. The fourth-order valence-electron chi connectivity index (χ4n) is 3.86. The van der Waals surface area contributed by atoms with E-state index in [1.165, 1.54) is 0 Å². The van der Waals surface area contributed by atoms with Crippen LogP contribution in [0.15, 0.2) is 54.6 Å². The Morgan fingerprint density at radius 3 is 2.28 bits per heavy atom. The maximum Gasteiger partial charge on any atom is 0.253 e. The Hall–Kier alpha value is -2.86. The lowest BCUT2D eigenvalue weighted by atomic mass is 10.1. The largest absolute Gasteiger partial charge is 0.489 e.